The number of hydrogen-bond acceptors (Lipinski definition) is 12. The largest absolute Gasteiger partial charge is 0.481 e. The first kappa shape index (κ1) is 47.9. The van der Waals surface area contributed by atoms with Crippen molar-refractivity contribution in [2.45, 2.75) is 79.4 Å². The fraction of sp³-hybridized carbons (Fsp3) is 0.868. The summed E-state index contributed by atoms with van der Waals surface area (Å²) in [7, 11) is 0. The number of ether oxygens (including phenoxy) is 5. The van der Waals surface area contributed by atoms with Crippen LogP contribution in [0.5, 0.6) is 0 Å². The third-order valence-electron chi connectivity index (χ3n) is 9.05. The number of carboxylic acid groups (broad SMARTS) is 1. The van der Waals surface area contributed by atoms with Crippen LogP contribution in [0, 0.1) is 17.8 Å². The van der Waals surface area contributed by atoms with Crippen molar-refractivity contribution in [1.82, 2.24) is 30.2 Å². The van der Waals surface area contributed by atoms with Crippen molar-refractivity contribution in [2.75, 3.05) is 118 Å². The van der Waals surface area contributed by atoms with Crippen LogP contribution in [0.25, 0.3) is 0 Å². The zero-order valence-corrected chi connectivity index (χ0v) is 33.4. The molecule has 6 rings (SSSR count). The number of carbonyl (C=O) groups is 5. The van der Waals surface area contributed by atoms with E-state index in [4.69, 9.17) is 28.8 Å². The fourth-order valence-corrected chi connectivity index (χ4v) is 5.98. The van der Waals surface area contributed by atoms with Crippen molar-refractivity contribution in [1.29, 1.82) is 0 Å². The van der Waals surface area contributed by atoms with Crippen LogP contribution in [-0.2, 0) is 38.1 Å². The molecule has 0 atom stereocenters. The highest BCUT2D eigenvalue weighted by molar-refractivity contribution is 5.77. The predicted molar refractivity (Wildman–Crippen MR) is 206 cm³/mol. The zero-order valence-electron chi connectivity index (χ0n) is 33.4. The Labute approximate surface area is 328 Å². The molecule has 4 amide bonds. The SMILES string of the molecule is C.C1COCCN1.CC(C)(C)OC(=O)N1CC(CC(=O)N2CCOCC2)C1.CC(C)(C)OC(=O)N1CC(CC(=O)O)C1.O=C(CC1CNC1)N1CCOCC1. The number of amides is 4. The molecule has 0 aromatic carbocycles. The molecule has 6 saturated heterocycles. The molecule has 0 saturated carbocycles. The molecule has 17 nitrogen and oxygen atoms in total. The highest BCUT2D eigenvalue weighted by atomic mass is 16.6. The number of nitrogens with zero attached hydrogens (tertiary/aromatic N) is 4. The number of morpholine rings is 3. The van der Waals surface area contributed by atoms with E-state index in [1.165, 1.54) is 4.90 Å². The second kappa shape index (κ2) is 23.7. The molecule has 0 aliphatic carbocycles. The van der Waals surface area contributed by atoms with Crippen molar-refractivity contribution in [2.24, 2.45) is 17.8 Å². The number of aliphatic carboxylic acids is 1. The van der Waals surface area contributed by atoms with E-state index >= 15 is 0 Å². The lowest BCUT2D eigenvalue weighted by atomic mass is 9.96. The van der Waals surface area contributed by atoms with Crippen LogP contribution in [0.1, 0.15) is 68.2 Å². The van der Waals surface area contributed by atoms with Gasteiger partial charge >= 0.3 is 18.2 Å². The third kappa shape index (κ3) is 19.4. The summed E-state index contributed by atoms with van der Waals surface area (Å²) < 4.78 is 25.8. The molecule has 17 heteroatoms. The summed E-state index contributed by atoms with van der Waals surface area (Å²) in [6.07, 6.45) is 0.711. The van der Waals surface area contributed by atoms with Crippen molar-refractivity contribution < 1.29 is 52.8 Å². The van der Waals surface area contributed by atoms with Crippen LogP contribution in [0.2, 0.25) is 0 Å². The predicted octanol–water partition coefficient (Wildman–Crippen LogP) is 2.13. The molecule has 0 aromatic rings. The average molecular weight is 787 g/mol. The number of carboxylic acids is 1. The van der Waals surface area contributed by atoms with Gasteiger partial charge < -0.3 is 59.0 Å². The van der Waals surface area contributed by atoms with E-state index in [0.717, 1.165) is 52.5 Å². The lowest BCUT2D eigenvalue weighted by Gasteiger charge is -2.40. The lowest BCUT2D eigenvalue weighted by Crippen LogP contribution is -2.53. The van der Waals surface area contributed by atoms with E-state index in [1.54, 1.807) is 25.7 Å². The topological polar surface area (TPSA) is 189 Å². The van der Waals surface area contributed by atoms with Gasteiger partial charge in [-0.3, -0.25) is 14.4 Å². The molecule has 3 N–H and O–H groups in total. The molecular weight excluding hydrogens is 716 g/mol. The van der Waals surface area contributed by atoms with Gasteiger partial charge in [-0.1, -0.05) is 7.43 Å². The van der Waals surface area contributed by atoms with E-state index in [1.807, 2.05) is 30.6 Å². The molecule has 0 spiro atoms. The maximum atomic E-state index is 12.0. The van der Waals surface area contributed by atoms with Crippen LogP contribution in [0.3, 0.4) is 0 Å². The number of carbonyl (C=O) groups excluding carboxylic acids is 4. The van der Waals surface area contributed by atoms with Gasteiger partial charge in [0.15, 0.2) is 0 Å². The Morgan fingerprint density at radius 1 is 0.564 bits per heavy atom. The first-order chi connectivity index (χ1) is 25.5. The number of likely N-dealkylation sites (tertiary alicyclic amines) is 2. The van der Waals surface area contributed by atoms with Crippen LogP contribution < -0.4 is 10.6 Å². The minimum absolute atomic E-state index is 0. The monoisotopic (exact) mass is 787 g/mol. The number of nitrogens with one attached hydrogen (secondary N) is 2. The molecule has 0 radical (unpaired) electrons. The Bertz CT molecular complexity index is 1170. The maximum Gasteiger partial charge on any atom is 0.410 e. The van der Waals surface area contributed by atoms with Crippen LogP contribution >= 0.6 is 0 Å². The Morgan fingerprint density at radius 2 is 0.927 bits per heavy atom. The molecular formula is C38H70N6O11. The third-order valence-corrected chi connectivity index (χ3v) is 9.05. The molecule has 6 heterocycles. The fourth-order valence-electron chi connectivity index (χ4n) is 5.98. The van der Waals surface area contributed by atoms with Gasteiger partial charge in [-0.25, -0.2) is 9.59 Å². The minimum Gasteiger partial charge on any atom is -0.481 e. The smallest absolute Gasteiger partial charge is 0.410 e. The van der Waals surface area contributed by atoms with Gasteiger partial charge in [0.2, 0.25) is 11.8 Å². The van der Waals surface area contributed by atoms with Gasteiger partial charge in [0.1, 0.15) is 11.2 Å². The summed E-state index contributed by atoms with van der Waals surface area (Å²) in [5, 5.41) is 14.9. The molecule has 0 unspecified atom stereocenters. The minimum atomic E-state index is -0.816. The molecule has 6 aliphatic rings. The Morgan fingerprint density at radius 3 is 1.22 bits per heavy atom. The van der Waals surface area contributed by atoms with Gasteiger partial charge in [0.05, 0.1) is 46.1 Å². The van der Waals surface area contributed by atoms with E-state index < -0.39 is 17.2 Å². The van der Waals surface area contributed by atoms with Gasteiger partial charge in [-0.15, -0.1) is 0 Å². The van der Waals surface area contributed by atoms with Crippen LogP contribution in [0.15, 0.2) is 0 Å². The van der Waals surface area contributed by atoms with E-state index in [0.29, 0.717) is 90.4 Å². The normalized spacial score (nSPS) is 20.5. The summed E-state index contributed by atoms with van der Waals surface area (Å²) in [6.45, 7) is 24.6. The zero-order chi connectivity index (χ0) is 39.7. The summed E-state index contributed by atoms with van der Waals surface area (Å²) in [6, 6.07) is 0. The van der Waals surface area contributed by atoms with Crippen molar-refractivity contribution in [3.63, 3.8) is 0 Å². The first-order valence-electron chi connectivity index (χ1n) is 19.4. The number of hydrogen-bond donors (Lipinski definition) is 3. The van der Waals surface area contributed by atoms with Gasteiger partial charge in [0, 0.05) is 90.1 Å². The molecule has 0 bridgehead atoms. The lowest BCUT2D eigenvalue weighted by molar-refractivity contribution is -0.139. The standard InChI is InChI=1S/C14H24N2O4.C10H17NO4.C9H16N2O2.C4H9NO.CH4/c1-14(2,3)20-13(18)16-9-11(10-16)8-12(17)15-4-6-19-7-5-15;1-10(2,3)15-9(14)11-5-7(6-11)4-8(12)13;12-9(5-8-6-10-7-8)11-1-3-13-4-2-11;1-3-6-4-2-5-1;/h11H,4-10H2,1-3H3;7H,4-6H2,1-3H3,(H,12,13);8,10H,1-7H2;5H,1-4H2;1H4. The summed E-state index contributed by atoms with van der Waals surface area (Å²) >= 11 is 0. The van der Waals surface area contributed by atoms with Gasteiger partial charge in [-0.05, 0) is 60.5 Å². The van der Waals surface area contributed by atoms with E-state index in [9.17, 15) is 24.0 Å². The highest BCUT2D eigenvalue weighted by Crippen LogP contribution is 2.24. The van der Waals surface area contributed by atoms with Crippen molar-refractivity contribution in [3.8, 4) is 0 Å². The number of rotatable bonds is 6. The molecule has 318 valence electrons. The van der Waals surface area contributed by atoms with Crippen molar-refractivity contribution in [3.05, 3.63) is 0 Å². The molecule has 6 fully saturated rings. The van der Waals surface area contributed by atoms with Crippen LogP contribution in [-0.4, -0.2) is 184 Å². The Kier molecular flexibility index (Phi) is 20.7. The summed E-state index contributed by atoms with van der Waals surface area (Å²) in [5.74, 6) is 0.573. The maximum absolute atomic E-state index is 12.0. The molecule has 55 heavy (non-hydrogen) atoms. The first-order valence-corrected chi connectivity index (χ1v) is 19.4. The average Bonchev–Trinajstić information content (AvgIpc) is 3.06. The summed E-state index contributed by atoms with van der Waals surface area (Å²) in [5.41, 5.74) is -0.958. The molecule has 6 aliphatic heterocycles. The molecule has 0 aromatic heterocycles. The van der Waals surface area contributed by atoms with E-state index in [2.05, 4.69) is 10.6 Å². The Balaban J connectivity index is 0.000000267. The second-order valence-electron chi connectivity index (χ2n) is 16.4. The van der Waals surface area contributed by atoms with Gasteiger partial charge in [-0.2, -0.15) is 0 Å². The highest BCUT2D eigenvalue weighted by Gasteiger charge is 2.36. The summed E-state index contributed by atoms with van der Waals surface area (Å²) in [4.78, 5) is 64.2. The van der Waals surface area contributed by atoms with Gasteiger partial charge in [0.25, 0.3) is 0 Å². The van der Waals surface area contributed by atoms with E-state index in [-0.39, 0.29) is 43.8 Å². The second-order valence-corrected chi connectivity index (χ2v) is 16.4. The van der Waals surface area contributed by atoms with Crippen molar-refractivity contribution >= 4 is 30.0 Å². The quantitative estimate of drug-likeness (QED) is 0.356. The van der Waals surface area contributed by atoms with Crippen LogP contribution in [0.4, 0.5) is 9.59 Å². The Hall–Kier alpha value is -3.25.